The molecule has 8 nitrogen and oxygen atoms in total. The van der Waals surface area contributed by atoms with Crippen molar-refractivity contribution in [3.05, 3.63) is 59.7 Å². The summed E-state index contributed by atoms with van der Waals surface area (Å²) in [6.45, 7) is 4.03. The van der Waals surface area contributed by atoms with Gasteiger partial charge in [0.1, 0.15) is 18.7 Å². The second-order valence-electron chi connectivity index (χ2n) is 9.57. The molecule has 0 radical (unpaired) electrons. The number of ether oxygens (including phenoxy) is 2. The van der Waals surface area contributed by atoms with Crippen LogP contribution in [0.5, 0.6) is 0 Å². The van der Waals surface area contributed by atoms with E-state index in [0.29, 0.717) is 6.42 Å². The maximum absolute atomic E-state index is 13.3. The number of carbonyl (C=O) groups is 3. The molecule has 1 aliphatic carbocycles. The predicted octanol–water partition coefficient (Wildman–Crippen LogP) is 3.07. The number of alkyl carbamates (subject to hydrolysis) is 1. The van der Waals surface area contributed by atoms with E-state index < -0.39 is 36.2 Å². The summed E-state index contributed by atoms with van der Waals surface area (Å²) >= 11 is 0. The molecule has 3 atom stereocenters. The number of methoxy groups -OCH3 is 1. The molecule has 2 amide bonds. The molecule has 0 aromatic heterocycles. The Morgan fingerprint density at radius 2 is 1.66 bits per heavy atom. The molecule has 0 bridgehead atoms. The quantitative estimate of drug-likeness (QED) is 0.590. The summed E-state index contributed by atoms with van der Waals surface area (Å²) < 4.78 is 10.4. The molecule has 1 heterocycles. The lowest BCUT2D eigenvalue weighted by Gasteiger charge is -2.28. The van der Waals surface area contributed by atoms with Crippen LogP contribution < -0.4 is 5.32 Å². The number of nitrogens with zero attached hydrogens (tertiary/aromatic N) is 1. The van der Waals surface area contributed by atoms with Crippen LogP contribution in [0, 0.1) is 5.92 Å². The van der Waals surface area contributed by atoms with Gasteiger partial charge in [-0.3, -0.25) is 4.79 Å². The average molecular weight is 481 g/mol. The van der Waals surface area contributed by atoms with Crippen LogP contribution in [0.4, 0.5) is 4.79 Å². The Bertz CT molecular complexity index is 1060. The maximum atomic E-state index is 13.3. The Hall–Kier alpha value is -3.39. The summed E-state index contributed by atoms with van der Waals surface area (Å²) in [5, 5.41) is 12.8. The number of β-amino-alcohol motifs (C(OH)–C–C–N with tert-alkyl or cyclic N) is 1. The van der Waals surface area contributed by atoms with Gasteiger partial charge in [-0.15, -0.1) is 0 Å². The third-order valence-electron chi connectivity index (χ3n) is 6.68. The highest BCUT2D eigenvalue weighted by Gasteiger charge is 2.42. The number of nitrogens with one attached hydrogen (secondary N) is 1. The van der Waals surface area contributed by atoms with Crippen LogP contribution in [0.25, 0.3) is 11.1 Å². The summed E-state index contributed by atoms with van der Waals surface area (Å²) in [7, 11) is 1.25. The molecule has 2 N–H and O–H groups in total. The van der Waals surface area contributed by atoms with E-state index in [1.54, 1.807) is 0 Å². The first-order valence-electron chi connectivity index (χ1n) is 12.0. The minimum atomic E-state index is -0.886. The number of fused-ring (bicyclic) bond motifs is 3. The number of benzene rings is 2. The van der Waals surface area contributed by atoms with Crippen molar-refractivity contribution in [3.8, 4) is 11.1 Å². The van der Waals surface area contributed by atoms with E-state index in [9.17, 15) is 19.5 Å². The SMILES string of the molecule is COC(=O)C1CC(O)CN1C(=O)C(CC(C)C)NC(=O)OCC1c2ccccc2-c2ccccc21. The van der Waals surface area contributed by atoms with Crippen molar-refractivity contribution in [3.63, 3.8) is 0 Å². The number of aliphatic hydroxyl groups is 1. The van der Waals surface area contributed by atoms with Crippen LogP contribution in [0.15, 0.2) is 48.5 Å². The molecule has 0 saturated carbocycles. The molecule has 1 fully saturated rings. The fourth-order valence-corrected chi connectivity index (χ4v) is 5.09. The predicted molar refractivity (Wildman–Crippen MR) is 130 cm³/mol. The van der Waals surface area contributed by atoms with Crippen LogP contribution in [0.1, 0.15) is 43.7 Å². The Morgan fingerprint density at radius 1 is 1.06 bits per heavy atom. The molecule has 1 aliphatic heterocycles. The molecular formula is C27H32N2O6. The zero-order valence-corrected chi connectivity index (χ0v) is 20.3. The topological polar surface area (TPSA) is 105 Å². The largest absolute Gasteiger partial charge is 0.467 e. The standard InChI is InChI=1S/C27H32N2O6/c1-16(2)12-23(25(31)29-14-17(30)13-24(29)26(32)34-3)28-27(33)35-15-22-20-10-6-4-8-18(20)19-9-5-7-11-21(19)22/h4-11,16-17,22-24,30H,12-15H2,1-3H3,(H,28,33). The van der Waals surface area contributed by atoms with Crippen molar-refractivity contribution in [1.82, 2.24) is 10.2 Å². The first kappa shape index (κ1) is 24.7. The number of esters is 1. The molecule has 186 valence electrons. The maximum Gasteiger partial charge on any atom is 0.407 e. The van der Waals surface area contributed by atoms with Gasteiger partial charge in [-0.05, 0) is 34.6 Å². The van der Waals surface area contributed by atoms with Crippen LogP contribution >= 0.6 is 0 Å². The summed E-state index contributed by atoms with van der Waals surface area (Å²) in [4.78, 5) is 39.6. The molecule has 2 aromatic carbocycles. The summed E-state index contributed by atoms with van der Waals surface area (Å²) in [6.07, 6.45) is -1.04. The van der Waals surface area contributed by atoms with Crippen molar-refractivity contribution in [2.45, 2.75) is 50.8 Å². The number of hydrogen-bond donors (Lipinski definition) is 2. The molecule has 8 heteroatoms. The number of rotatable bonds is 7. The van der Waals surface area contributed by atoms with Gasteiger partial charge in [-0.1, -0.05) is 62.4 Å². The van der Waals surface area contributed by atoms with Crippen molar-refractivity contribution in [1.29, 1.82) is 0 Å². The zero-order valence-electron chi connectivity index (χ0n) is 20.3. The highest BCUT2D eigenvalue weighted by atomic mass is 16.5. The number of amides is 2. The van der Waals surface area contributed by atoms with Crippen LogP contribution in [0.2, 0.25) is 0 Å². The summed E-state index contributed by atoms with van der Waals surface area (Å²) in [5.41, 5.74) is 4.46. The number of hydrogen-bond acceptors (Lipinski definition) is 6. The molecule has 0 spiro atoms. The van der Waals surface area contributed by atoms with Crippen molar-refractivity contribution < 1.29 is 29.0 Å². The lowest BCUT2D eigenvalue weighted by atomic mass is 9.98. The second-order valence-corrected chi connectivity index (χ2v) is 9.57. The lowest BCUT2D eigenvalue weighted by molar-refractivity contribution is -0.151. The average Bonchev–Trinajstić information content (AvgIpc) is 3.39. The zero-order chi connectivity index (χ0) is 25.1. The first-order chi connectivity index (χ1) is 16.8. The van der Waals surface area contributed by atoms with E-state index in [-0.39, 0.29) is 31.4 Å². The van der Waals surface area contributed by atoms with Crippen LogP contribution in [0.3, 0.4) is 0 Å². The van der Waals surface area contributed by atoms with Gasteiger partial charge in [0.2, 0.25) is 5.91 Å². The van der Waals surface area contributed by atoms with Crippen molar-refractivity contribution in [2.24, 2.45) is 5.92 Å². The highest BCUT2D eigenvalue weighted by Crippen LogP contribution is 2.44. The molecule has 2 aliphatic rings. The van der Waals surface area contributed by atoms with Gasteiger partial charge in [0.25, 0.3) is 0 Å². The monoisotopic (exact) mass is 480 g/mol. The van der Waals surface area contributed by atoms with Gasteiger partial charge in [0, 0.05) is 18.9 Å². The molecule has 2 aromatic rings. The van der Waals surface area contributed by atoms with Crippen LogP contribution in [-0.2, 0) is 19.1 Å². The van der Waals surface area contributed by atoms with E-state index in [1.807, 2.05) is 50.2 Å². The third kappa shape index (κ3) is 5.17. The Balaban J connectivity index is 1.45. The third-order valence-corrected chi connectivity index (χ3v) is 6.68. The number of carbonyl (C=O) groups excluding carboxylic acids is 3. The molecule has 35 heavy (non-hydrogen) atoms. The summed E-state index contributed by atoms with van der Waals surface area (Å²) in [5.74, 6) is -1.01. The minimum absolute atomic E-state index is 0.0135. The number of likely N-dealkylation sites (tertiary alicyclic amines) is 1. The van der Waals surface area contributed by atoms with E-state index in [2.05, 4.69) is 17.4 Å². The molecular weight excluding hydrogens is 448 g/mol. The van der Waals surface area contributed by atoms with E-state index in [1.165, 1.54) is 12.0 Å². The fraction of sp³-hybridized carbons (Fsp3) is 0.444. The smallest absolute Gasteiger partial charge is 0.407 e. The molecule has 3 unspecified atom stereocenters. The van der Waals surface area contributed by atoms with Crippen LogP contribution in [-0.4, -0.2) is 66.4 Å². The van der Waals surface area contributed by atoms with Gasteiger partial charge in [-0.25, -0.2) is 9.59 Å². The number of aliphatic hydroxyl groups excluding tert-OH is 1. The Kier molecular flexibility index (Phi) is 7.40. The van der Waals surface area contributed by atoms with Gasteiger partial charge >= 0.3 is 12.1 Å². The van der Waals surface area contributed by atoms with Crippen molar-refractivity contribution in [2.75, 3.05) is 20.3 Å². The summed E-state index contributed by atoms with van der Waals surface area (Å²) in [6, 6.07) is 14.4. The van der Waals surface area contributed by atoms with Gasteiger partial charge in [-0.2, -0.15) is 0 Å². The first-order valence-corrected chi connectivity index (χ1v) is 12.0. The molecule has 4 rings (SSSR count). The van der Waals surface area contributed by atoms with Gasteiger partial charge in [0.05, 0.1) is 13.2 Å². The molecule has 1 saturated heterocycles. The van der Waals surface area contributed by atoms with Crippen molar-refractivity contribution >= 4 is 18.0 Å². The Labute approximate surface area is 205 Å². The normalized spacial score (nSPS) is 19.7. The second kappa shape index (κ2) is 10.5. The van der Waals surface area contributed by atoms with Gasteiger partial charge < -0.3 is 24.8 Å². The fourth-order valence-electron chi connectivity index (χ4n) is 5.09. The highest BCUT2D eigenvalue weighted by molar-refractivity contribution is 5.90. The lowest BCUT2D eigenvalue weighted by Crippen LogP contribution is -2.52. The van der Waals surface area contributed by atoms with E-state index in [4.69, 9.17) is 9.47 Å². The van der Waals surface area contributed by atoms with Gasteiger partial charge in [0.15, 0.2) is 0 Å². The van der Waals surface area contributed by atoms with E-state index in [0.717, 1.165) is 22.3 Å². The Morgan fingerprint density at radius 3 is 2.23 bits per heavy atom. The van der Waals surface area contributed by atoms with E-state index >= 15 is 0 Å². The minimum Gasteiger partial charge on any atom is -0.467 e.